The highest BCUT2D eigenvalue weighted by atomic mass is 35.5. The van der Waals surface area contributed by atoms with Gasteiger partial charge in [-0.15, -0.1) is 0 Å². The molecule has 0 radical (unpaired) electrons. The van der Waals surface area contributed by atoms with E-state index in [2.05, 4.69) is 9.88 Å². The third kappa shape index (κ3) is 4.39. The predicted molar refractivity (Wildman–Crippen MR) is 129 cm³/mol. The normalized spacial score (nSPS) is 14.0. The van der Waals surface area contributed by atoms with Crippen molar-refractivity contribution in [3.63, 3.8) is 0 Å². The summed E-state index contributed by atoms with van der Waals surface area (Å²) in [4.78, 5) is 26.5. The molecule has 4 aromatic rings. The van der Waals surface area contributed by atoms with Gasteiger partial charge in [0.15, 0.2) is 5.82 Å². The number of anilines is 1. The Morgan fingerprint density at radius 1 is 0.909 bits per heavy atom. The molecule has 1 aromatic heterocycles. The monoisotopic (exact) mass is 460 g/mol. The van der Waals surface area contributed by atoms with Gasteiger partial charge in [0.1, 0.15) is 11.6 Å². The second kappa shape index (κ2) is 8.79. The minimum absolute atomic E-state index is 0.0426. The summed E-state index contributed by atoms with van der Waals surface area (Å²) in [5.74, 6) is 1.04. The second-order valence-corrected chi connectivity index (χ2v) is 8.62. The number of benzene rings is 3. The molecule has 2 heterocycles. The molecule has 5 nitrogen and oxygen atoms in total. The zero-order valence-corrected chi connectivity index (χ0v) is 18.9. The van der Waals surface area contributed by atoms with Gasteiger partial charge in [0, 0.05) is 47.7 Å². The summed E-state index contributed by atoms with van der Waals surface area (Å²) in [6.07, 6.45) is 0. The van der Waals surface area contributed by atoms with Crippen molar-refractivity contribution in [1.29, 1.82) is 0 Å². The van der Waals surface area contributed by atoms with Crippen LogP contribution < -0.4 is 4.90 Å². The third-order valence-electron chi connectivity index (χ3n) is 5.91. The molecule has 1 saturated heterocycles. The molecule has 7 heteroatoms. The Kier molecular flexibility index (Phi) is 5.68. The minimum atomic E-state index is -0.308. The van der Waals surface area contributed by atoms with Gasteiger partial charge in [0.25, 0.3) is 5.91 Å². The van der Waals surface area contributed by atoms with Crippen LogP contribution in [0.15, 0.2) is 66.7 Å². The average molecular weight is 461 g/mol. The number of nitrogens with zero attached hydrogens (tertiary/aromatic N) is 4. The van der Waals surface area contributed by atoms with E-state index in [9.17, 15) is 9.18 Å². The largest absolute Gasteiger partial charge is 0.352 e. The Morgan fingerprint density at radius 2 is 1.61 bits per heavy atom. The van der Waals surface area contributed by atoms with Crippen LogP contribution in [0.4, 0.5) is 10.2 Å². The summed E-state index contributed by atoms with van der Waals surface area (Å²) in [6, 6.07) is 19.4. The highest BCUT2D eigenvalue weighted by molar-refractivity contribution is 6.31. The number of hydrogen-bond donors (Lipinski definition) is 0. The van der Waals surface area contributed by atoms with Crippen LogP contribution in [0.5, 0.6) is 0 Å². The van der Waals surface area contributed by atoms with Crippen molar-refractivity contribution < 1.29 is 9.18 Å². The van der Waals surface area contributed by atoms with Crippen molar-refractivity contribution in [2.24, 2.45) is 0 Å². The molecule has 1 amide bonds. The number of carbonyl (C=O) groups excluding carboxylic acids is 1. The van der Waals surface area contributed by atoms with Crippen molar-refractivity contribution in [2.45, 2.75) is 6.92 Å². The summed E-state index contributed by atoms with van der Waals surface area (Å²) in [7, 11) is 0. The first-order valence-corrected chi connectivity index (χ1v) is 11.2. The molecule has 33 heavy (non-hydrogen) atoms. The topological polar surface area (TPSA) is 49.3 Å². The van der Waals surface area contributed by atoms with Crippen molar-refractivity contribution in [2.75, 3.05) is 31.1 Å². The van der Waals surface area contributed by atoms with Gasteiger partial charge < -0.3 is 9.80 Å². The molecule has 0 atom stereocenters. The molecule has 1 aliphatic rings. The number of fused-ring (bicyclic) bond motifs is 1. The summed E-state index contributed by atoms with van der Waals surface area (Å²) in [5, 5.41) is 1.48. The minimum Gasteiger partial charge on any atom is -0.352 e. The molecule has 0 aliphatic carbocycles. The molecule has 1 aliphatic heterocycles. The molecule has 0 spiro atoms. The standard InChI is InChI=1S/C26H22ClFN4O/c1-17-2-4-19(5-3-17)26(33)32-14-12-31(13-15-32)25-22-11-8-20(27)16-23(22)29-24(30-25)18-6-9-21(28)10-7-18/h2-11,16H,12-15H2,1H3. The molecule has 0 unspecified atom stereocenters. The van der Waals surface area contributed by atoms with E-state index >= 15 is 0 Å². The maximum atomic E-state index is 13.4. The van der Waals surface area contributed by atoms with Gasteiger partial charge in [-0.3, -0.25) is 4.79 Å². The highest BCUT2D eigenvalue weighted by Gasteiger charge is 2.25. The van der Waals surface area contributed by atoms with Crippen LogP contribution in [0.25, 0.3) is 22.3 Å². The number of carbonyl (C=O) groups is 1. The number of hydrogen-bond acceptors (Lipinski definition) is 4. The van der Waals surface area contributed by atoms with Crippen molar-refractivity contribution in [3.05, 3.63) is 88.7 Å². The van der Waals surface area contributed by atoms with Crippen molar-refractivity contribution in [3.8, 4) is 11.4 Å². The highest BCUT2D eigenvalue weighted by Crippen LogP contribution is 2.30. The first kappa shape index (κ1) is 21.3. The maximum absolute atomic E-state index is 13.4. The van der Waals surface area contributed by atoms with Crippen LogP contribution in [0.1, 0.15) is 15.9 Å². The lowest BCUT2D eigenvalue weighted by molar-refractivity contribution is 0.0746. The van der Waals surface area contributed by atoms with E-state index in [0.717, 1.165) is 27.8 Å². The van der Waals surface area contributed by atoms with Gasteiger partial charge in [-0.2, -0.15) is 0 Å². The van der Waals surface area contributed by atoms with Crippen LogP contribution >= 0.6 is 11.6 Å². The molecule has 3 aromatic carbocycles. The van der Waals surface area contributed by atoms with Crippen LogP contribution in [0.2, 0.25) is 5.02 Å². The molecule has 0 saturated carbocycles. The van der Waals surface area contributed by atoms with E-state index in [0.29, 0.717) is 42.6 Å². The summed E-state index contributed by atoms with van der Waals surface area (Å²) in [5.41, 5.74) is 3.29. The smallest absolute Gasteiger partial charge is 0.253 e. The summed E-state index contributed by atoms with van der Waals surface area (Å²) < 4.78 is 13.4. The van der Waals surface area contributed by atoms with Gasteiger partial charge in [0.05, 0.1) is 5.52 Å². The zero-order valence-electron chi connectivity index (χ0n) is 18.1. The first-order valence-electron chi connectivity index (χ1n) is 10.8. The fourth-order valence-electron chi connectivity index (χ4n) is 4.06. The van der Waals surface area contributed by atoms with Gasteiger partial charge in [-0.25, -0.2) is 14.4 Å². The van der Waals surface area contributed by atoms with Crippen LogP contribution in [0.3, 0.4) is 0 Å². The van der Waals surface area contributed by atoms with E-state index in [1.165, 1.54) is 12.1 Å². The van der Waals surface area contributed by atoms with Gasteiger partial charge in [-0.05, 0) is 61.5 Å². The van der Waals surface area contributed by atoms with Crippen LogP contribution in [0, 0.1) is 12.7 Å². The number of piperazine rings is 1. The van der Waals surface area contributed by atoms with E-state index in [-0.39, 0.29) is 11.7 Å². The van der Waals surface area contributed by atoms with E-state index in [4.69, 9.17) is 16.6 Å². The van der Waals surface area contributed by atoms with Gasteiger partial charge >= 0.3 is 0 Å². The van der Waals surface area contributed by atoms with E-state index in [1.54, 1.807) is 12.1 Å². The maximum Gasteiger partial charge on any atom is 0.253 e. The Bertz CT molecular complexity index is 1320. The van der Waals surface area contributed by atoms with Gasteiger partial charge in [-0.1, -0.05) is 29.3 Å². The molecule has 1 fully saturated rings. The van der Waals surface area contributed by atoms with E-state index in [1.807, 2.05) is 54.3 Å². The third-order valence-corrected chi connectivity index (χ3v) is 6.14. The number of rotatable bonds is 3. The quantitative estimate of drug-likeness (QED) is 0.413. The summed E-state index contributed by atoms with van der Waals surface area (Å²) >= 11 is 6.23. The second-order valence-electron chi connectivity index (χ2n) is 8.18. The molecule has 0 bridgehead atoms. The number of aromatic nitrogens is 2. The fraction of sp³-hybridized carbons (Fsp3) is 0.192. The summed E-state index contributed by atoms with van der Waals surface area (Å²) in [6.45, 7) is 4.49. The predicted octanol–water partition coefficient (Wildman–Crippen LogP) is 5.36. The molecule has 0 N–H and O–H groups in total. The first-order chi connectivity index (χ1) is 16.0. The Hall–Kier alpha value is -3.51. The number of amides is 1. The average Bonchev–Trinajstić information content (AvgIpc) is 2.84. The Morgan fingerprint density at radius 3 is 2.30 bits per heavy atom. The lowest BCUT2D eigenvalue weighted by Crippen LogP contribution is -2.49. The molecule has 5 rings (SSSR count). The Balaban J connectivity index is 1.44. The molecule has 166 valence electrons. The SMILES string of the molecule is Cc1ccc(C(=O)N2CCN(c3nc(-c4ccc(F)cc4)nc4cc(Cl)ccc34)CC2)cc1. The lowest BCUT2D eigenvalue weighted by atomic mass is 10.1. The number of halogens is 2. The molecular weight excluding hydrogens is 439 g/mol. The van der Waals surface area contributed by atoms with Crippen LogP contribution in [-0.2, 0) is 0 Å². The van der Waals surface area contributed by atoms with Crippen molar-refractivity contribution in [1.82, 2.24) is 14.9 Å². The van der Waals surface area contributed by atoms with Gasteiger partial charge in [0.2, 0.25) is 0 Å². The van der Waals surface area contributed by atoms with E-state index < -0.39 is 0 Å². The van der Waals surface area contributed by atoms with Crippen LogP contribution in [-0.4, -0.2) is 47.0 Å². The van der Waals surface area contributed by atoms with Crippen molar-refractivity contribution >= 4 is 34.2 Å². The zero-order chi connectivity index (χ0) is 22.9. The fourth-order valence-corrected chi connectivity index (χ4v) is 4.22. The lowest BCUT2D eigenvalue weighted by Gasteiger charge is -2.36. The number of aryl methyl sites for hydroxylation is 1. The Labute approximate surface area is 196 Å². The molecular formula is C26H22ClFN4O.